The Hall–Kier alpha value is -2.79. The van der Waals surface area contributed by atoms with Gasteiger partial charge in [0.2, 0.25) is 0 Å². The number of nitrogens with one attached hydrogen (secondary N) is 2. The molecule has 0 radical (unpaired) electrons. The van der Waals surface area contributed by atoms with Crippen molar-refractivity contribution in [3.05, 3.63) is 34.9 Å². The third kappa shape index (κ3) is 7.15. The van der Waals surface area contributed by atoms with Crippen LogP contribution in [-0.4, -0.2) is 31.1 Å². The molecule has 0 saturated heterocycles. The molecule has 150 valence electrons. The second-order valence-corrected chi connectivity index (χ2v) is 5.17. The fraction of sp³-hybridized carbons (Fsp3) is 0.400. The second kappa shape index (κ2) is 8.73. The van der Waals surface area contributed by atoms with Crippen molar-refractivity contribution < 1.29 is 45.5 Å². The van der Waals surface area contributed by atoms with Crippen molar-refractivity contribution in [2.45, 2.75) is 25.7 Å². The van der Waals surface area contributed by atoms with Crippen LogP contribution >= 0.6 is 0 Å². The van der Waals surface area contributed by atoms with Crippen LogP contribution in [0.2, 0.25) is 0 Å². The number of imide groups is 1. The molecule has 0 atom stereocenters. The molecule has 0 aromatic heterocycles. The fourth-order valence-corrected chi connectivity index (χ4v) is 1.73. The van der Waals surface area contributed by atoms with Crippen molar-refractivity contribution in [1.29, 1.82) is 0 Å². The van der Waals surface area contributed by atoms with E-state index in [4.69, 9.17) is 0 Å². The molecule has 0 spiro atoms. The first kappa shape index (κ1) is 22.3. The highest BCUT2D eigenvalue weighted by Crippen LogP contribution is 2.36. The van der Waals surface area contributed by atoms with Crippen molar-refractivity contribution in [2.75, 3.05) is 13.2 Å². The number of urea groups is 1. The lowest BCUT2D eigenvalue weighted by Gasteiger charge is -2.13. The molecule has 2 N–H and O–H groups in total. The van der Waals surface area contributed by atoms with Gasteiger partial charge in [-0.25, -0.2) is 9.59 Å². The maximum absolute atomic E-state index is 12.7. The summed E-state index contributed by atoms with van der Waals surface area (Å²) in [5.74, 6) is -2.70. The molecule has 1 aromatic rings. The number of ether oxygens (including phenoxy) is 1. The minimum absolute atomic E-state index is 0.151. The van der Waals surface area contributed by atoms with E-state index in [2.05, 4.69) is 10.1 Å². The van der Waals surface area contributed by atoms with Gasteiger partial charge in [0.25, 0.3) is 5.91 Å². The Labute approximate surface area is 148 Å². The summed E-state index contributed by atoms with van der Waals surface area (Å²) in [4.78, 5) is 34.3. The first-order chi connectivity index (χ1) is 12.3. The summed E-state index contributed by atoms with van der Waals surface area (Å²) in [5.41, 5.74) is -4.44. The summed E-state index contributed by atoms with van der Waals surface area (Å²) in [7, 11) is 0. The van der Waals surface area contributed by atoms with Crippen LogP contribution in [0.1, 0.15) is 34.8 Å². The van der Waals surface area contributed by atoms with Gasteiger partial charge in [-0.15, -0.1) is 0 Å². The van der Waals surface area contributed by atoms with Crippen molar-refractivity contribution in [3.63, 3.8) is 0 Å². The quantitative estimate of drug-likeness (QED) is 0.588. The van der Waals surface area contributed by atoms with Gasteiger partial charge in [-0.05, 0) is 24.6 Å². The van der Waals surface area contributed by atoms with Crippen molar-refractivity contribution in [2.24, 2.45) is 0 Å². The summed E-state index contributed by atoms with van der Waals surface area (Å²) in [5, 5.41) is 4.04. The zero-order valence-electron chi connectivity index (χ0n) is 13.8. The van der Waals surface area contributed by atoms with Crippen LogP contribution in [0.25, 0.3) is 0 Å². The molecule has 0 fully saturated rings. The summed E-state index contributed by atoms with van der Waals surface area (Å²) >= 11 is 0. The number of hydrogen-bond donors (Lipinski definition) is 2. The highest BCUT2D eigenvalue weighted by molar-refractivity contribution is 5.97. The van der Waals surface area contributed by atoms with E-state index < -0.39 is 53.6 Å². The van der Waals surface area contributed by atoms with Gasteiger partial charge in [0.15, 0.2) is 6.61 Å². The molecule has 0 heterocycles. The monoisotopic (exact) mass is 400 g/mol. The standard InChI is InChI=1S/C15H14F6N2O4/c1-2-3-22-13(26)23-11(24)7-27-12(25)8-4-9(14(16,17)18)6-10(5-8)15(19,20)21/h4-6H,2-3,7H2,1H3,(H2,22,23,24,26). The molecule has 0 saturated carbocycles. The number of alkyl halides is 6. The molecule has 0 aliphatic carbocycles. The minimum atomic E-state index is -5.13. The number of amides is 3. The van der Waals surface area contributed by atoms with Crippen molar-refractivity contribution in [3.8, 4) is 0 Å². The Morgan fingerprint density at radius 3 is 1.93 bits per heavy atom. The van der Waals surface area contributed by atoms with Gasteiger partial charge in [0.1, 0.15) is 0 Å². The molecule has 6 nitrogen and oxygen atoms in total. The zero-order valence-corrected chi connectivity index (χ0v) is 13.8. The minimum Gasteiger partial charge on any atom is -0.452 e. The van der Waals surface area contributed by atoms with Crippen LogP contribution in [0.15, 0.2) is 18.2 Å². The molecule has 27 heavy (non-hydrogen) atoms. The highest BCUT2D eigenvalue weighted by atomic mass is 19.4. The van der Waals surface area contributed by atoms with Gasteiger partial charge in [-0.2, -0.15) is 26.3 Å². The third-order valence-electron chi connectivity index (χ3n) is 2.95. The van der Waals surface area contributed by atoms with Crippen LogP contribution < -0.4 is 10.6 Å². The van der Waals surface area contributed by atoms with E-state index in [1.165, 1.54) is 0 Å². The number of hydrogen-bond acceptors (Lipinski definition) is 4. The fourth-order valence-electron chi connectivity index (χ4n) is 1.73. The van der Waals surface area contributed by atoms with Gasteiger partial charge in [0.05, 0.1) is 16.7 Å². The van der Waals surface area contributed by atoms with Crippen molar-refractivity contribution >= 4 is 17.9 Å². The van der Waals surface area contributed by atoms with Crippen LogP contribution in [0, 0.1) is 0 Å². The lowest BCUT2D eigenvalue weighted by molar-refractivity contribution is -0.143. The SMILES string of the molecule is CCCNC(=O)NC(=O)COC(=O)c1cc(C(F)(F)F)cc(C(F)(F)F)c1. The van der Waals surface area contributed by atoms with Gasteiger partial charge < -0.3 is 10.1 Å². The van der Waals surface area contributed by atoms with Gasteiger partial charge in [0, 0.05) is 6.54 Å². The molecule has 0 unspecified atom stereocenters. The first-order valence-electron chi connectivity index (χ1n) is 7.39. The van der Waals surface area contributed by atoms with E-state index in [1.807, 2.05) is 0 Å². The average molecular weight is 400 g/mol. The number of benzene rings is 1. The number of carbonyl (C=O) groups excluding carboxylic acids is 3. The number of carbonyl (C=O) groups is 3. The Balaban J connectivity index is 2.88. The molecule has 12 heteroatoms. The van der Waals surface area contributed by atoms with Gasteiger partial charge >= 0.3 is 24.4 Å². The molecule has 3 amide bonds. The Kier molecular flexibility index (Phi) is 7.20. The van der Waals surface area contributed by atoms with Gasteiger partial charge in [-0.3, -0.25) is 10.1 Å². The highest BCUT2D eigenvalue weighted by Gasteiger charge is 2.37. The molecule has 0 bridgehead atoms. The molecule has 1 rings (SSSR count). The Morgan fingerprint density at radius 2 is 1.48 bits per heavy atom. The van der Waals surface area contributed by atoms with E-state index in [-0.39, 0.29) is 24.7 Å². The normalized spacial score (nSPS) is 11.7. The maximum atomic E-state index is 12.7. The predicted octanol–water partition coefficient (Wildman–Crippen LogP) is 3.12. The Bertz CT molecular complexity index is 683. The van der Waals surface area contributed by atoms with E-state index in [1.54, 1.807) is 12.2 Å². The molecule has 1 aromatic carbocycles. The summed E-state index contributed by atoms with van der Waals surface area (Å²) in [6.07, 6.45) is -9.69. The van der Waals surface area contributed by atoms with E-state index in [9.17, 15) is 40.7 Å². The summed E-state index contributed by atoms with van der Waals surface area (Å²) < 4.78 is 80.7. The first-order valence-corrected chi connectivity index (χ1v) is 7.39. The maximum Gasteiger partial charge on any atom is 0.416 e. The molecular weight excluding hydrogens is 386 g/mol. The molecule has 0 aliphatic heterocycles. The van der Waals surface area contributed by atoms with Gasteiger partial charge in [-0.1, -0.05) is 6.92 Å². The van der Waals surface area contributed by atoms with E-state index >= 15 is 0 Å². The van der Waals surface area contributed by atoms with Crippen LogP contribution in [0.3, 0.4) is 0 Å². The smallest absolute Gasteiger partial charge is 0.416 e. The lowest BCUT2D eigenvalue weighted by atomic mass is 10.0. The van der Waals surface area contributed by atoms with Crippen LogP contribution in [0.4, 0.5) is 31.1 Å². The van der Waals surface area contributed by atoms with Crippen molar-refractivity contribution in [1.82, 2.24) is 10.6 Å². The zero-order chi connectivity index (χ0) is 20.8. The third-order valence-corrected chi connectivity index (χ3v) is 2.95. The topological polar surface area (TPSA) is 84.5 Å². The lowest BCUT2D eigenvalue weighted by Crippen LogP contribution is -2.41. The molecular formula is C15H14F6N2O4. The van der Waals surface area contributed by atoms with E-state index in [0.717, 1.165) is 0 Å². The summed E-state index contributed by atoms with van der Waals surface area (Å²) in [6, 6.07) is -0.703. The number of rotatable bonds is 5. The largest absolute Gasteiger partial charge is 0.452 e. The average Bonchev–Trinajstić information content (AvgIpc) is 2.55. The predicted molar refractivity (Wildman–Crippen MR) is 78.6 cm³/mol. The second-order valence-electron chi connectivity index (χ2n) is 5.17. The molecule has 0 aliphatic rings. The number of halogens is 6. The number of esters is 1. The summed E-state index contributed by atoms with van der Waals surface area (Å²) in [6.45, 7) is 0.924. The van der Waals surface area contributed by atoms with Crippen LogP contribution in [0.5, 0.6) is 0 Å². The van der Waals surface area contributed by atoms with E-state index in [0.29, 0.717) is 6.42 Å². The van der Waals surface area contributed by atoms with Crippen LogP contribution in [-0.2, 0) is 21.9 Å². The Morgan fingerprint density at radius 1 is 0.963 bits per heavy atom.